The van der Waals surface area contributed by atoms with Crippen LogP contribution in [0, 0.1) is 18.8 Å². The number of amides is 1. The van der Waals surface area contributed by atoms with Gasteiger partial charge in [-0.15, -0.1) is 5.10 Å². The Morgan fingerprint density at radius 2 is 1.97 bits per heavy atom. The maximum atomic E-state index is 13.3. The van der Waals surface area contributed by atoms with Crippen molar-refractivity contribution in [3.63, 3.8) is 0 Å². The van der Waals surface area contributed by atoms with Crippen LogP contribution in [0.25, 0.3) is 0 Å². The number of rotatable bonds is 4. The number of hydrogen-bond donors (Lipinski definition) is 0. The monoisotopic (exact) mass is 392 g/mol. The number of benzene rings is 1. The highest BCUT2D eigenvalue weighted by molar-refractivity contribution is 5.92. The fourth-order valence-corrected chi connectivity index (χ4v) is 4.70. The highest BCUT2D eigenvalue weighted by Gasteiger charge is 2.50. The average Bonchev–Trinajstić information content (AvgIpc) is 3.50. The van der Waals surface area contributed by atoms with Gasteiger partial charge in [0.2, 0.25) is 5.89 Å². The van der Waals surface area contributed by atoms with E-state index in [1.165, 1.54) is 0 Å². The van der Waals surface area contributed by atoms with E-state index >= 15 is 0 Å². The van der Waals surface area contributed by atoms with Gasteiger partial charge >= 0.3 is 6.01 Å². The van der Waals surface area contributed by atoms with Crippen LogP contribution in [0.1, 0.15) is 34.9 Å². The molecule has 2 aromatic heterocycles. The summed E-state index contributed by atoms with van der Waals surface area (Å²) in [7, 11) is 0. The summed E-state index contributed by atoms with van der Waals surface area (Å²) in [5.41, 5.74) is 1.67. The lowest BCUT2D eigenvalue weighted by Crippen LogP contribution is -2.36. The number of carbonyl (C=O) groups excluding carboxylic acids is 1. The molecule has 0 N–H and O–H groups in total. The molecule has 0 saturated carbocycles. The van der Waals surface area contributed by atoms with Gasteiger partial charge in [0.15, 0.2) is 0 Å². The molecule has 0 bridgehead atoms. The van der Waals surface area contributed by atoms with Crippen LogP contribution in [0.2, 0.25) is 0 Å². The molecule has 2 saturated heterocycles. The van der Waals surface area contributed by atoms with E-state index < -0.39 is 0 Å². The van der Waals surface area contributed by atoms with Gasteiger partial charge in [-0.3, -0.25) is 9.48 Å². The van der Waals surface area contributed by atoms with Crippen LogP contribution in [0.3, 0.4) is 0 Å². The first-order valence-electron chi connectivity index (χ1n) is 10.1. The molecular weight excluding hydrogens is 368 g/mol. The van der Waals surface area contributed by atoms with Crippen LogP contribution in [0.4, 0.5) is 6.01 Å². The molecule has 1 amide bonds. The Kier molecular flexibility index (Phi) is 4.34. The Morgan fingerprint density at radius 1 is 1.14 bits per heavy atom. The number of aromatic nitrogens is 4. The quantitative estimate of drug-likeness (QED) is 0.679. The number of carbonyl (C=O) groups is 1. The topological polar surface area (TPSA) is 80.3 Å². The molecule has 0 spiro atoms. The van der Waals surface area contributed by atoms with Crippen molar-refractivity contribution in [2.45, 2.75) is 26.4 Å². The standard InChI is InChI=1S/C21H24N6O2/c1-3-26-10-9-18(24-26)20(28)27-12-16-11-25(21-23-22-14(2)29-21)13-17(16)19(27)15-7-5-4-6-8-15/h4-10,16-17,19H,3,11-13H2,1-2H3/t16-,17-,19+/m0/s1. The second kappa shape index (κ2) is 7.02. The van der Waals surface area contributed by atoms with E-state index in [4.69, 9.17) is 4.42 Å². The van der Waals surface area contributed by atoms with E-state index in [1.807, 2.05) is 42.3 Å². The molecule has 4 heterocycles. The van der Waals surface area contributed by atoms with E-state index in [0.717, 1.165) is 25.2 Å². The van der Waals surface area contributed by atoms with Crippen LogP contribution in [0.15, 0.2) is 47.0 Å². The zero-order valence-electron chi connectivity index (χ0n) is 16.6. The molecule has 5 rings (SSSR count). The maximum absolute atomic E-state index is 13.3. The minimum Gasteiger partial charge on any atom is -0.408 e. The largest absolute Gasteiger partial charge is 0.408 e. The van der Waals surface area contributed by atoms with Crippen molar-refractivity contribution in [2.24, 2.45) is 11.8 Å². The number of nitrogens with zero attached hydrogens (tertiary/aromatic N) is 6. The highest BCUT2D eigenvalue weighted by Crippen LogP contribution is 2.46. The van der Waals surface area contributed by atoms with Crippen molar-refractivity contribution in [3.8, 4) is 0 Å². The molecule has 29 heavy (non-hydrogen) atoms. The Morgan fingerprint density at radius 3 is 2.66 bits per heavy atom. The Bertz CT molecular complexity index is 1010. The van der Waals surface area contributed by atoms with Gasteiger partial charge in [-0.25, -0.2) is 0 Å². The Hall–Kier alpha value is -3.16. The summed E-state index contributed by atoms with van der Waals surface area (Å²) >= 11 is 0. The number of fused-ring (bicyclic) bond motifs is 1. The third-order valence-electron chi connectivity index (χ3n) is 6.04. The number of anilines is 1. The van der Waals surface area contributed by atoms with E-state index in [2.05, 4.69) is 32.3 Å². The normalized spacial score (nSPS) is 23.6. The van der Waals surface area contributed by atoms with Gasteiger partial charge in [-0.2, -0.15) is 5.10 Å². The molecule has 150 valence electrons. The summed E-state index contributed by atoms with van der Waals surface area (Å²) in [6.07, 6.45) is 1.86. The zero-order chi connectivity index (χ0) is 20.0. The van der Waals surface area contributed by atoms with Crippen LogP contribution in [0.5, 0.6) is 0 Å². The summed E-state index contributed by atoms with van der Waals surface area (Å²) in [5.74, 6) is 1.23. The van der Waals surface area contributed by atoms with Crippen molar-refractivity contribution in [1.29, 1.82) is 0 Å². The molecule has 2 aliphatic rings. The number of likely N-dealkylation sites (tertiary alicyclic amines) is 1. The second-order valence-electron chi connectivity index (χ2n) is 7.80. The number of aryl methyl sites for hydroxylation is 2. The summed E-state index contributed by atoms with van der Waals surface area (Å²) in [4.78, 5) is 17.5. The van der Waals surface area contributed by atoms with E-state index in [9.17, 15) is 4.79 Å². The fourth-order valence-electron chi connectivity index (χ4n) is 4.70. The van der Waals surface area contributed by atoms with Crippen LogP contribution >= 0.6 is 0 Å². The molecule has 0 radical (unpaired) electrons. The molecule has 0 unspecified atom stereocenters. The summed E-state index contributed by atoms with van der Waals surface area (Å²) in [6.45, 7) is 6.87. The van der Waals surface area contributed by atoms with Crippen LogP contribution in [-0.4, -0.2) is 50.4 Å². The van der Waals surface area contributed by atoms with Gasteiger partial charge < -0.3 is 14.2 Å². The van der Waals surface area contributed by atoms with Gasteiger partial charge in [0, 0.05) is 51.1 Å². The van der Waals surface area contributed by atoms with Crippen molar-refractivity contribution in [3.05, 3.63) is 59.7 Å². The average molecular weight is 392 g/mol. The molecule has 8 heteroatoms. The maximum Gasteiger partial charge on any atom is 0.318 e. The minimum atomic E-state index is 0.000591. The van der Waals surface area contributed by atoms with Gasteiger partial charge in [0.1, 0.15) is 5.69 Å². The minimum absolute atomic E-state index is 0.000591. The molecule has 2 fully saturated rings. The molecule has 0 aliphatic carbocycles. The molecular formula is C21H24N6O2. The molecule has 3 atom stereocenters. The van der Waals surface area contributed by atoms with Crippen molar-refractivity contribution in [1.82, 2.24) is 24.9 Å². The lowest BCUT2D eigenvalue weighted by molar-refractivity contribution is 0.0708. The van der Waals surface area contributed by atoms with Crippen molar-refractivity contribution < 1.29 is 9.21 Å². The SMILES string of the molecule is CCn1ccc(C(=O)N2C[C@@H]3CN(c4nnc(C)o4)C[C@@H]3[C@H]2c2ccccc2)n1. The molecule has 8 nitrogen and oxygen atoms in total. The third-order valence-corrected chi connectivity index (χ3v) is 6.04. The summed E-state index contributed by atoms with van der Waals surface area (Å²) in [5, 5.41) is 12.6. The van der Waals surface area contributed by atoms with Crippen LogP contribution in [-0.2, 0) is 6.54 Å². The lowest BCUT2D eigenvalue weighted by Gasteiger charge is -2.29. The lowest BCUT2D eigenvalue weighted by atomic mass is 9.89. The Balaban J connectivity index is 1.45. The fraction of sp³-hybridized carbons (Fsp3) is 0.429. The first-order valence-corrected chi connectivity index (χ1v) is 10.1. The smallest absolute Gasteiger partial charge is 0.318 e. The second-order valence-corrected chi connectivity index (χ2v) is 7.80. The molecule has 2 aliphatic heterocycles. The molecule has 3 aromatic rings. The predicted octanol–water partition coefficient (Wildman–Crippen LogP) is 2.54. The third kappa shape index (κ3) is 3.08. The molecule has 1 aromatic carbocycles. The van der Waals surface area contributed by atoms with Crippen LogP contribution < -0.4 is 4.90 Å². The predicted molar refractivity (Wildman–Crippen MR) is 106 cm³/mol. The van der Waals surface area contributed by atoms with E-state index in [1.54, 1.807) is 11.6 Å². The van der Waals surface area contributed by atoms with Gasteiger partial charge in [0.25, 0.3) is 5.91 Å². The van der Waals surface area contributed by atoms with Gasteiger partial charge in [0.05, 0.1) is 6.04 Å². The van der Waals surface area contributed by atoms with Gasteiger partial charge in [-0.1, -0.05) is 35.4 Å². The zero-order valence-corrected chi connectivity index (χ0v) is 16.6. The summed E-state index contributed by atoms with van der Waals surface area (Å²) < 4.78 is 7.44. The van der Waals surface area contributed by atoms with Crippen molar-refractivity contribution in [2.75, 3.05) is 24.5 Å². The van der Waals surface area contributed by atoms with E-state index in [0.29, 0.717) is 36.0 Å². The summed E-state index contributed by atoms with van der Waals surface area (Å²) in [6, 6.07) is 12.7. The van der Waals surface area contributed by atoms with Gasteiger partial charge in [-0.05, 0) is 18.6 Å². The highest BCUT2D eigenvalue weighted by atomic mass is 16.4. The first kappa shape index (κ1) is 17.9. The van der Waals surface area contributed by atoms with E-state index in [-0.39, 0.29) is 11.9 Å². The first-order chi connectivity index (χ1) is 14.1. The number of hydrogen-bond acceptors (Lipinski definition) is 6. The van der Waals surface area contributed by atoms with Crippen molar-refractivity contribution >= 4 is 11.9 Å². The Labute approximate surface area is 169 Å².